The molecule has 0 aliphatic heterocycles. The van der Waals surface area contributed by atoms with Crippen molar-refractivity contribution in [3.8, 4) is 0 Å². The molecule has 1 N–H and O–H groups in total. The molecule has 0 atom stereocenters. The average molecular weight is 457 g/mol. The normalized spacial score (nSPS) is 12.2. The van der Waals surface area contributed by atoms with Crippen LogP contribution in [0.4, 0.5) is 11.4 Å². The van der Waals surface area contributed by atoms with Gasteiger partial charge in [0.15, 0.2) is 31.1 Å². The molecule has 0 spiro atoms. The number of pyridine rings is 1. The topological polar surface area (TPSA) is 110 Å². The van der Waals surface area contributed by atoms with Crippen molar-refractivity contribution in [3.05, 3.63) is 78.2 Å². The number of fused-ring (bicyclic) bond motifs is 1. The predicted molar refractivity (Wildman–Crippen MR) is 118 cm³/mol. The van der Waals surface area contributed by atoms with Crippen LogP contribution in [0, 0.1) is 0 Å². The lowest BCUT2D eigenvalue weighted by Gasteiger charge is -2.11. The largest absolute Gasteiger partial charge is 0.351 e. The molecule has 8 nitrogen and oxygen atoms in total. The van der Waals surface area contributed by atoms with Crippen molar-refractivity contribution in [1.29, 1.82) is 0 Å². The molecular formula is C21H20N4O4S2. The Bertz CT molecular complexity index is 1490. The van der Waals surface area contributed by atoms with E-state index in [0.29, 0.717) is 28.4 Å². The number of hydrogen-bond acceptors (Lipinski definition) is 7. The molecule has 0 bridgehead atoms. The Hall–Kier alpha value is -3.24. The third kappa shape index (κ3) is 4.44. The fourth-order valence-electron chi connectivity index (χ4n) is 3.34. The van der Waals surface area contributed by atoms with Gasteiger partial charge in [-0.1, -0.05) is 30.3 Å². The number of para-hydroxylation sites is 1. The number of hydrogen-bond donors (Lipinski definition) is 1. The minimum atomic E-state index is -3.42. The molecule has 2 heterocycles. The number of nitrogens with one attached hydrogen (secondary N) is 1. The van der Waals surface area contributed by atoms with E-state index in [2.05, 4.69) is 15.4 Å². The van der Waals surface area contributed by atoms with Crippen LogP contribution < -0.4 is 5.32 Å². The fourth-order valence-corrected chi connectivity index (χ4v) is 5.13. The Balaban J connectivity index is 1.73. The summed E-state index contributed by atoms with van der Waals surface area (Å²) in [5.41, 5.74) is 2.12. The number of rotatable bonds is 6. The van der Waals surface area contributed by atoms with Gasteiger partial charge in [-0.3, -0.25) is 0 Å². The van der Waals surface area contributed by atoms with Crippen molar-refractivity contribution in [2.75, 3.05) is 17.8 Å². The maximum absolute atomic E-state index is 12.1. The molecule has 0 fully saturated rings. The van der Waals surface area contributed by atoms with Crippen LogP contribution >= 0.6 is 0 Å². The van der Waals surface area contributed by atoms with Gasteiger partial charge in [-0.25, -0.2) is 26.3 Å². The minimum Gasteiger partial charge on any atom is -0.351 e. The SMILES string of the molecule is CS(=O)(=O)c1ccccc1Cc1nc2c(Nc3ccccc3S(C)(=O)=O)cccn2n1. The number of nitrogens with zero attached hydrogens (tertiary/aromatic N) is 3. The van der Waals surface area contributed by atoms with Crippen molar-refractivity contribution in [2.45, 2.75) is 16.2 Å². The molecule has 2 aromatic carbocycles. The highest BCUT2D eigenvalue weighted by molar-refractivity contribution is 7.91. The van der Waals surface area contributed by atoms with Crippen molar-refractivity contribution < 1.29 is 16.8 Å². The highest BCUT2D eigenvalue weighted by Gasteiger charge is 2.17. The van der Waals surface area contributed by atoms with E-state index < -0.39 is 19.7 Å². The summed E-state index contributed by atoms with van der Waals surface area (Å²) in [6, 6.07) is 16.9. The van der Waals surface area contributed by atoms with Crippen LogP contribution in [0.1, 0.15) is 11.4 Å². The summed E-state index contributed by atoms with van der Waals surface area (Å²) in [6.07, 6.45) is 4.29. The van der Waals surface area contributed by atoms with Gasteiger partial charge in [-0.05, 0) is 35.9 Å². The van der Waals surface area contributed by atoms with Crippen LogP contribution in [0.25, 0.3) is 5.65 Å². The predicted octanol–water partition coefficient (Wildman–Crippen LogP) is 2.87. The fraction of sp³-hybridized carbons (Fsp3) is 0.143. The number of anilines is 2. The van der Waals surface area contributed by atoms with E-state index in [1.165, 1.54) is 12.3 Å². The lowest BCUT2D eigenvalue weighted by atomic mass is 10.1. The van der Waals surface area contributed by atoms with E-state index in [0.717, 1.165) is 6.26 Å². The van der Waals surface area contributed by atoms with Gasteiger partial charge in [0.2, 0.25) is 0 Å². The first-order valence-electron chi connectivity index (χ1n) is 9.31. The number of sulfone groups is 2. The van der Waals surface area contributed by atoms with Gasteiger partial charge >= 0.3 is 0 Å². The summed E-state index contributed by atoms with van der Waals surface area (Å²) in [5, 5.41) is 7.59. The van der Waals surface area contributed by atoms with E-state index in [1.54, 1.807) is 65.3 Å². The smallest absolute Gasteiger partial charge is 0.179 e. The molecular weight excluding hydrogens is 436 g/mol. The zero-order chi connectivity index (χ0) is 22.2. The van der Waals surface area contributed by atoms with Crippen LogP contribution in [0.5, 0.6) is 0 Å². The number of benzene rings is 2. The van der Waals surface area contributed by atoms with E-state index in [4.69, 9.17) is 0 Å². The zero-order valence-corrected chi connectivity index (χ0v) is 18.5. The molecule has 160 valence electrons. The molecule has 10 heteroatoms. The molecule has 0 saturated carbocycles. The van der Waals surface area contributed by atoms with Gasteiger partial charge in [0.1, 0.15) is 0 Å². The highest BCUT2D eigenvalue weighted by Crippen LogP contribution is 2.27. The van der Waals surface area contributed by atoms with Gasteiger partial charge in [0.05, 0.1) is 21.2 Å². The molecule has 0 saturated heterocycles. The third-order valence-electron chi connectivity index (χ3n) is 4.68. The first kappa shape index (κ1) is 21.0. The van der Waals surface area contributed by atoms with Gasteiger partial charge < -0.3 is 5.32 Å². The molecule has 2 aromatic heterocycles. The second-order valence-corrected chi connectivity index (χ2v) is 11.1. The van der Waals surface area contributed by atoms with E-state index in [-0.39, 0.29) is 16.2 Å². The van der Waals surface area contributed by atoms with Crippen LogP contribution in [-0.4, -0.2) is 43.9 Å². The Labute approximate surface area is 180 Å². The number of aromatic nitrogens is 3. The van der Waals surface area contributed by atoms with Crippen LogP contribution in [0.15, 0.2) is 76.7 Å². The quantitative estimate of drug-likeness (QED) is 0.475. The Morgan fingerprint density at radius 1 is 0.806 bits per heavy atom. The van der Waals surface area contributed by atoms with Crippen molar-refractivity contribution in [1.82, 2.24) is 14.6 Å². The summed E-state index contributed by atoms with van der Waals surface area (Å²) < 4.78 is 49.9. The lowest BCUT2D eigenvalue weighted by Crippen LogP contribution is -2.03. The standard InChI is InChI=1S/C21H20N4O4S2/c1-30(26,27)18-11-5-3-8-15(18)14-20-23-21-17(10-7-13-25(21)24-20)22-16-9-4-6-12-19(16)31(2,28)29/h3-13,22H,14H2,1-2H3. The lowest BCUT2D eigenvalue weighted by molar-refractivity contribution is 0.599. The van der Waals surface area contributed by atoms with Gasteiger partial charge in [-0.2, -0.15) is 5.10 Å². The van der Waals surface area contributed by atoms with Crippen LogP contribution in [0.2, 0.25) is 0 Å². The molecule has 0 radical (unpaired) electrons. The Kier molecular flexibility index (Phi) is 5.28. The van der Waals surface area contributed by atoms with Crippen LogP contribution in [0.3, 0.4) is 0 Å². The third-order valence-corrected chi connectivity index (χ3v) is 7.03. The van der Waals surface area contributed by atoms with E-state index in [9.17, 15) is 16.8 Å². The molecule has 0 aliphatic carbocycles. The molecule has 0 aliphatic rings. The van der Waals surface area contributed by atoms with Crippen molar-refractivity contribution in [2.24, 2.45) is 0 Å². The Morgan fingerprint density at radius 3 is 2.13 bits per heavy atom. The molecule has 4 aromatic rings. The van der Waals surface area contributed by atoms with Gasteiger partial charge in [-0.15, -0.1) is 0 Å². The van der Waals surface area contributed by atoms with Crippen molar-refractivity contribution in [3.63, 3.8) is 0 Å². The van der Waals surface area contributed by atoms with E-state index in [1.807, 2.05) is 0 Å². The second-order valence-electron chi connectivity index (χ2n) is 7.17. The molecule has 0 amide bonds. The molecule has 0 unspecified atom stereocenters. The second kappa shape index (κ2) is 7.78. The first-order valence-corrected chi connectivity index (χ1v) is 13.1. The maximum atomic E-state index is 12.1. The highest BCUT2D eigenvalue weighted by atomic mass is 32.2. The molecule has 4 rings (SSSR count). The van der Waals surface area contributed by atoms with Gasteiger partial charge in [0.25, 0.3) is 0 Å². The first-order chi connectivity index (χ1) is 14.6. The van der Waals surface area contributed by atoms with Gasteiger partial charge in [0, 0.05) is 25.1 Å². The van der Waals surface area contributed by atoms with Crippen molar-refractivity contribution >= 4 is 36.7 Å². The minimum absolute atomic E-state index is 0.179. The summed E-state index contributed by atoms with van der Waals surface area (Å²) >= 11 is 0. The van der Waals surface area contributed by atoms with E-state index >= 15 is 0 Å². The summed E-state index contributed by atoms with van der Waals surface area (Å²) in [4.78, 5) is 4.99. The Morgan fingerprint density at radius 2 is 1.42 bits per heavy atom. The summed E-state index contributed by atoms with van der Waals surface area (Å²) in [7, 11) is -6.81. The maximum Gasteiger partial charge on any atom is 0.179 e. The zero-order valence-electron chi connectivity index (χ0n) is 16.8. The molecule has 31 heavy (non-hydrogen) atoms. The summed E-state index contributed by atoms with van der Waals surface area (Å²) in [6.45, 7) is 0. The average Bonchev–Trinajstić information content (AvgIpc) is 3.11. The van der Waals surface area contributed by atoms with Crippen LogP contribution in [-0.2, 0) is 26.1 Å². The summed E-state index contributed by atoms with van der Waals surface area (Å²) in [5.74, 6) is 0.446. The monoisotopic (exact) mass is 456 g/mol.